The van der Waals surface area contributed by atoms with Gasteiger partial charge in [0.15, 0.2) is 0 Å². The Morgan fingerprint density at radius 2 is 1.55 bits per heavy atom. The maximum atomic E-state index is 2.48. The quantitative estimate of drug-likeness (QED) is 0.479. The molecular weight excluding hydrogens is 398 g/mol. The lowest BCUT2D eigenvalue weighted by molar-refractivity contribution is -0.818. The molecule has 0 aromatic heterocycles. The Bertz CT molecular complexity index is 1130. The van der Waals surface area contributed by atoms with E-state index in [1.165, 1.54) is 43.9 Å². The zero-order chi connectivity index (χ0) is 24.2. The van der Waals surface area contributed by atoms with Crippen molar-refractivity contribution >= 4 is 0 Å². The number of likely N-dealkylation sites (N-methyl/N-ethyl adjacent to an activating group) is 1. The first-order valence-electron chi connectivity index (χ1n) is 12.6. The maximum absolute atomic E-state index is 2.48. The minimum atomic E-state index is -0.140. The Kier molecular flexibility index (Phi) is 5.86. The smallest absolute Gasteiger partial charge is 0.101 e. The van der Waals surface area contributed by atoms with Crippen molar-refractivity contribution in [3.63, 3.8) is 0 Å². The highest BCUT2D eigenvalue weighted by molar-refractivity contribution is 5.67. The highest BCUT2D eigenvalue weighted by Gasteiger charge is 2.55. The summed E-state index contributed by atoms with van der Waals surface area (Å²) in [6, 6.07) is 0. The number of quaternary nitrogens is 1. The minimum absolute atomic E-state index is 0.121. The van der Waals surface area contributed by atoms with E-state index in [0.29, 0.717) is 5.92 Å². The third-order valence-electron chi connectivity index (χ3n) is 8.40. The van der Waals surface area contributed by atoms with Crippen LogP contribution in [0.4, 0.5) is 0 Å². The Morgan fingerprint density at radius 3 is 2.09 bits per heavy atom. The summed E-state index contributed by atoms with van der Waals surface area (Å²) < 4.78 is 0. The van der Waals surface area contributed by atoms with Crippen LogP contribution in [-0.2, 0) is 0 Å². The van der Waals surface area contributed by atoms with Crippen molar-refractivity contribution in [3.8, 4) is 0 Å². The molecule has 0 radical (unpaired) electrons. The third-order valence-corrected chi connectivity index (χ3v) is 8.40. The maximum Gasteiger partial charge on any atom is 0.101 e. The molecule has 33 heavy (non-hydrogen) atoms. The first kappa shape index (κ1) is 23.8. The molecule has 1 aliphatic heterocycles. The predicted molar refractivity (Wildman–Crippen MR) is 143 cm³/mol. The number of nitrogens with one attached hydrogen (secondary N) is 1. The van der Waals surface area contributed by atoms with Crippen molar-refractivity contribution in [1.29, 1.82) is 0 Å². The van der Waals surface area contributed by atoms with Crippen molar-refractivity contribution in [3.05, 3.63) is 106 Å². The number of hydrogen-bond donors (Lipinski definition) is 1. The average Bonchev–Trinajstić information content (AvgIpc) is 2.74. The summed E-state index contributed by atoms with van der Waals surface area (Å²) in [5, 5.41) is 0. The molecule has 1 heterocycles. The summed E-state index contributed by atoms with van der Waals surface area (Å²) in [5.74, 6) is 0.495. The Morgan fingerprint density at radius 1 is 0.909 bits per heavy atom. The lowest BCUT2D eigenvalue weighted by Gasteiger charge is -2.55. The second kappa shape index (κ2) is 8.13. The van der Waals surface area contributed by atoms with E-state index in [2.05, 4.69) is 129 Å². The van der Waals surface area contributed by atoms with Crippen LogP contribution in [0, 0.1) is 22.2 Å². The van der Waals surface area contributed by atoms with Crippen LogP contribution in [0.3, 0.4) is 0 Å². The first-order valence-corrected chi connectivity index (χ1v) is 12.6. The minimum Gasteiger partial charge on any atom is -0.308 e. The van der Waals surface area contributed by atoms with Gasteiger partial charge in [-0.15, -0.1) is 0 Å². The zero-order valence-electron chi connectivity index (χ0n) is 22.1. The van der Waals surface area contributed by atoms with Gasteiger partial charge in [-0.3, -0.25) is 0 Å². The summed E-state index contributed by atoms with van der Waals surface area (Å²) in [6.45, 7) is 19.7. The summed E-state index contributed by atoms with van der Waals surface area (Å²) in [7, 11) is 2.21. The summed E-state index contributed by atoms with van der Waals surface area (Å²) in [5.41, 5.74) is 9.70. The van der Waals surface area contributed by atoms with Gasteiger partial charge < -0.3 is 4.90 Å². The largest absolute Gasteiger partial charge is 0.308 e. The Hall–Kier alpha value is -2.38. The van der Waals surface area contributed by atoms with Gasteiger partial charge in [-0.25, -0.2) is 0 Å². The molecule has 1 N–H and O–H groups in total. The van der Waals surface area contributed by atoms with Crippen LogP contribution >= 0.6 is 0 Å². The zero-order valence-corrected chi connectivity index (χ0v) is 22.1. The van der Waals surface area contributed by atoms with Crippen molar-refractivity contribution in [2.24, 2.45) is 22.2 Å². The van der Waals surface area contributed by atoms with E-state index >= 15 is 0 Å². The van der Waals surface area contributed by atoms with Crippen molar-refractivity contribution < 1.29 is 4.90 Å². The first-order chi connectivity index (χ1) is 15.4. The molecule has 174 valence electrons. The molecule has 1 heteroatoms. The number of hydrogen-bond acceptors (Lipinski definition) is 0. The number of rotatable bonds is 2. The Labute approximate surface area is 202 Å². The fraction of sp³-hybridized carbons (Fsp3) is 0.438. The van der Waals surface area contributed by atoms with E-state index in [-0.39, 0.29) is 16.2 Å². The molecule has 0 aromatic rings. The predicted octanol–water partition coefficient (Wildman–Crippen LogP) is 6.84. The van der Waals surface area contributed by atoms with Crippen LogP contribution in [0.15, 0.2) is 106 Å². The fourth-order valence-electron chi connectivity index (χ4n) is 5.72. The molecule has 4 aliphatic rings. The topological polar surface area (TPSA) is 4.44 Å². The van der Waals surface area contributed by atoms with Gasteiger partial charge in [0.25, 0.3) is 0 Å². The van der Waals surface area contributed by atoms with Gasteiger partial charge in [0.1, 0.15) is 6.54 Å². The van der Waals surface area contributed by atoms with Crippen molar-refractivity contribution in [2.75, 3.05) is 13.6 Å². The van der Waals surface area contributed by atoms with Crippen molar-refractivity contribution in [2.45, 2.75) is 55.4 Å². The van der Waals surface area contributed by atoms with E-state index < -0.39 is 0 Å². The van der Waals surface area contributed by atoms with Crippen LogP contribution in [0.1, 0.15) is 55.4 Å². The summed E-state index contributed by atoms with van der Waals surface area (Å²) in [4.78, 5) is 1.42. The van der Waals surface area contributed by atoms with Crippen LogP contribution in [0.25, 0.3) is 0 Å². The molecule has 0 spiro atoms. The second-order valence-electron chi connectivity index (χ2n) is 11.9. The lowest BCUT2D eigenvalue weighted by Crippen LogP contribution is -3.04. The molecule has 3 unspecified atom stereocenters. The van der Waals surface area contributed by atoms with E-state index in [4.69, 9.17) is 0 Å². The highest BCUT2D eigenvalue weighted by atomic mass is 15.1. The van der Waals surface area contributed by atoms with E-state index in [1.807, 2.05) is 0 Å². The SMILES string of the molecule is C/C=C1/C=C(C(C)(C)C)C=C2C=CC3=CC(C(C)C)=C/C(=C\C4=CC[NH+](C)C=C4)C3(C)C21C. The van der Waals surface area contributed by atoms with E-state index in [0.717, 1.165) is 6.54 Å². The highest BCUT2D eigenvalue weighted by Crippen LogP contribution is 2.64. The monoisotopic (exact) mass is 440 g/mol. The molecule has 0 aromatic carbocycles. The van der Waals surface area contributed by atoms with E-state index in [9.17, 15) is 0 Å². The number of allylic oxidation sites excluding steroid dienone is 16. The van der Waals surface area contributed by atoms with Crippen LogP contribution < -0.4 is 4.90 Å². The molecule has 0 saturated heterocycles. The van der Waals surface area contributed by atoms with Gasteiger partial charge in [0.05, 0.1) is 13.2 Å². The molecule has 1 nitrogen and oxygen atoms in total. The van der Waals surface area contributed by atoms with Crippen LogP contribution in [0.5, 0.6) is 0 Å². The number of fused-ring (bicyclic) bond motifs is 3. The van der Waals surface area contributed by atoms with Gasteiger partial charge in [0.2, 0.25) is 0 Å². The van der Waals surface area contributed by atoms with Gasteiger partial charge in [0, 0.05) is 10.8 Å². The van der Waals surface area contributed by atoms with E-state index in [1.54, 1.807) is 0 Å². The fourth-order valence-corrected chi connectivity index (χ4v) is 5.72. The molecule has 4 rings (SSSR count). The summed E-state index contributed by atoms with van der Waals surface area (Å²) in [6.07, 6.45) is 26.4. The molecule has 0 bridgehead atoms. The van der Waals surface area contributed by atoms with Crippen LogP contribution in [0.2, 0.25) is 0 Å². The lowest BCUT2D eigenvalue weighted by atomic mass is 9.47. The molecule has 0 fully saturated rings. The van der Waals surface area contributed by atoms with Gasteiger partial charge in [-0.1, -0.05) is 97.1 Å². The molecule has 0 saturated carbocycles. The third kappa shape index (κ3) is 3.75. The molecule has 3 atom stereocenters. The van der Waals surface area contributed by atoms with Gasteiger partial charge >= 0.3 is 0 Å². The average molecular weight is 441 g/mol. The van der Waals surface area contributed by atoms with Crippen molar-refractivity contribution in [1.82, 2.24) is 0 Å². The summed E-state index contributed by atoms with van der Waals surface area (Å²) >= 11 is 0. The van der Waals surface area contributed by atoms with Crippen LogP contribution in [-0.4, -0.2) is 13.6 Å². The molecular formula is C32H42N+. The Balaban J connectivity index is 1.96. The molecule has 3 aliphatic carbocycles. The van der Waals surface area contributed by atoms with Gasteiger partial charge in [-0.2, -0.15) is 0 Å². The second-order valence-corrected chi connectivity index (χ2v) is 11.9. The molecule has 0 amide bonds. The normalized spacial score (nSPS) is 33.9. The standard InChI is InChI=1S/C32H41N/c1-10-25-20-28(30(4,5)6)21-27-12-11-26-18-24(22(2)3)19-29(32(26,8)31(25,27)7)17-23-13-15-33(9)16-14-23/h10-15,17-22H,16H2,1-9H3/p+1/b25-10-,29-17+. The van der Waals surface area contributed by atoms with Gasteiger partial charge in [-0.05, 0) is 69.4 Å².